The number of rotatable bonds is 5. The third-order valence-electron chi connectivity index (χ3n) is 3.97. The van der Waals surface area contributed by atoms with Gasteiger partial charge in [-0.15, -0.1) is 5.10 Å². The van der Waals surface area contributed by atoms with Crippen LogP contribution in [-0.4, -0.2) is 33.2 Å². The van der Waals surface area contributed by atoms with E-state index < -0.39 is 0 Å². The highest BCUT2D eigenvalue weighted by atomic mass is 16.2. The molecule has 1 N–H and O–H groups in total. The van der Waals surface area contributed by atoms with Crippen molar-refractivity contribution in [3.05, 3.63) is 60.4 Å². The molecule has 25 heavy (non-hydrogen) atoms. The first-order chi connectivity index (χ1) is 12.1. The van der Waals surface area contributed by atoms with Crippen LogP contribution in [0.1, 0.15) is 25.7 Å². The number of carbonyl (C=O) groups excluding carboxylic acids is 1. The maximum atomic E-state index is 11.5. The monoisotopic (exact) mass is 336 g/mol. The van der Waals surface area contributed by atoms with Gasteiger partial charge >= 0.3 is 0 Å². The summed E-state index contributed by atoms with van der Waals surface area (Å²) in [6.45, 7) is 3.53. The van der Waals surface area contributed by atoms with Crippen LogP contribution in [-0.2, 0) is 4.79 Å². The van der Waals surface area contributed by atoms with Crippen LogP contribution < -0.4 is 10.2 Å². The minimum absolute atomic E-state index is 0.0155. The van der Waals surface area contributed by atoms with E-state index in [1.807, 2.05) is 61.5 Å². The number of nitrogens with one attached hydrogen (secondary N) is 1. The molecule has 0 unspecified atom stereocenters. The van der Waals surface area contributed by atoms with Crippen molar-refractivity contribution in [2.75, 3.05) is 17.3 Å². The first-order valence-electron chi connectivity index (χ1n) is 8.01. The molecule has 7 nitrogen and oxygen atoms in total. The van der Waals surface area contributed by atoms with Crippen molar-refractivity contribution >= 4 is 17.3 Å². The summed E-state index contributed by atoms with van der Waals surface area (Å²) in [6.07, 6.45) is 0. The van der Waals surface area contributed by atoms with Crippen LogP contribution in [0, 0.1) is 0 Å². The third-order valence-corrected chi connectivity index (χ3v) is 3.97. The first kappa shape index (κ1) is 16.6. The molecule has 0 radical (unpaired) electrons. The summed E-state index contributed by atoms with van der Waals surface area (Å²) in [7, 11) is 1.75. The number of aromatic nitrogens is 4. The van der Waals surface area contributed by atoms with E-state index >= 15 is 0 Å². The van der Waals surface area contributed by atoms with Crippen LogP contribution in [0.25, 0.3) is 5.69 Å². The molecule has 0 aliphatic carbocycles. The molecular weight excluding hydrogens is 316 g/mol. The lowest BCUT2D eigenvalue weighted by Crippen LogP contribution is -2.22. The molecule has 0 spiro atoms. The van der Waals surface area contributed by atoms with Crippen molar-refractivity contribution < 1.29 is 4.79 Å². The maximum Gasteiger partial charge on any atom is 0.223 e. The van der Waals surface area contributed by atoms with Crippen LogP contribution in [0.5, 0.6) is 0 Å². The van der Waals surface area contributed by atoms with Crippen LogP contribution in [0.2, 0.25) is 0 Å². The molecule has 1 heterocycles. The van der Waals surface area contributed by atoms with Crippen molar-refractivity contribution in [3.8, 4) is 5.69 Å². The highest BCUT2D eigenvalue weighted by Crippen LogP contribution is 2.23. The summed E-state index contributed by atoms with van der Waals surface area (Å²) in [4.78, 5) is 13.1. The van der Waals surface area contributed by atoms with Gasteiger partial charge in [0.15, 0.2) is 5.82 Å². The van der Waals surface area contributed by atoms with Crippen molar-refractivity contribution in [2.24, 2.45) is 0 Å². The quantitative estimate of drug-likeness (QED) is 0.775. The zero-order valence-electron chi connectivity index (χ0n) is 14.4. The maximum absolute atomic E-state index is 11.5. The number of carbonyl (C=O) groups is 1. The number of tetrazole rings is 1. The molecule has 0 saturated heterocycles. The van der Waals surface area contributed by atoms with Gasteiger partial charge in [0, 0.05) is 25.3 Å². The standard InChI is InChI=1S/C18H20N6O/c1-13(18-20-21-22-24(18)16-9-5-4-6-10-16)19-15-8-7-11-17(12-15)23(3)14(2)25/h4-13,19H,1-3H3/t13-/m1/s1. The highest BCUT2D eigenvalue weighted by molar-refractivity contribution is 5.91. The lowest BCUT2D eigenvalue weighted by molar-refractivity contribution is -0.116. The highest BCUT2D eigenvalue weighted by Gasteiger charge is 2.16. The molecule has 0 fully saturated rings. The van der Waals surface area contributed by atoms with Gasteiger partial charge in [0.2, 0.25) is 5.91 Å². The predicted molar refractivity (Wildman–Crippen MR) is 96.7 cm³/mol. The second-order valence-electron chi connectivity index (χ2n) is 5.78. The molecule has 128 valence electrons. The van der Waals surface area contributed by atoms with Gasteiger partial charge in [-0.2, -0.15) is 4.68 Å². The molecule has 3 rings (SSSR count). The predicted octanol–water partition coefficient (Wildman–Crippen LogP) is 2.82. The Kier molecular flexibility index (Phi) is 4.74. The van der Waals surface area contributed by atoms with Gasteiger partial charge in [-0.05, 0) is 47.7 Å². The van der Waals surface area contributed by atoms with Gasteiger partial charge < -0.3 is 10.2 Å². The molecule has 2 aromatic carbocycles. The molecule has 3 aromatic rings. The van der Waals surface area contributed by atoms with E-state index in [2.05, 4.69) is 20.8 Å². The largest absolute Gasteiger partial charge is 0.375 e. The Bertz CT molecular complexity index is 861. The Morgan fingerprint density at radius 1 is 1.16 bits per heavy atom. The van der Waals surface area contributed by atoms with Gasteiger partial charge in [-0.3, -0.25) is 4.79 Å². The summed E-state index contributed by atoms with van der Waals surface area (Å²) in [5, 5.41) is 15.4. The fraction of sp³-hybridized carbons (Fsp3) is 0.222. The van der Waals surface area contributed by atoms with Crippen LogP contribution >= 0.6 is 0 Å². The van der Waals surface area contributed by atoms with Crippen molar-refractivity contribution in [3.63, 3.8) is 0 Å². The first-order valence-corrected chi connectivity index (χ1v) is 8.01. The average Bonchev–Trinajstić information content (AvgIpc) is 3.12. The molecule has 7 heteroatoms. The number of anilines is 2. The fourth-order valence-electron chi connectivity index (χ4n) is 2.52. The lowest BCUT2D eigenvalue weighted by atomic mass is 10.2. The summed E-state index contributed by atoms with van der Waals surface area (Å²) in [6, 6.07) is 17.3. The Morgan fingerprint density at radius 3 is 2.64 bits per heavy atom. The number of hydrogen-bond acceptors (Lipinski definition) is 5. The van der Waals surface area contributed by atoms with E-state index in [1.165, 1.54) is 6.92 Å². The van der Waals surface area contributed by atoms with Gasteiger partial charge in [0.05, 0.1) is 11.7 Å². The molecule has 0 saturated carbocycles. The number of nitrogens with zero attached hydrogens (tertiary/aromatic N) is 5. The molecular formula is C18H20N6O. The molecule has 1 atom stereocenters. The number of benzene rings is 2. The van der Waals surface area contributed by atoms with Crippen LogP contribution in [0.3, 0.4) is 0 Å². The second kappa shape index (κ2) is 7.12. The van der Waals surface area contributed by atoms with Gasteiger partial charge in [-0.25, -0.2) is 0 Å². The van der Waals surface area contributed by atoms with Crippen LogP contribution in [0.4, 0.5) is 11.4 Å². The summed E-state index contributed by atoms with van der Waals surface area (Å²) in [5.41, 5.74) is 2.62. The average molecular weight is 336 g/mol. The van der Waals surface area contributed by atoms with Crippen molar-refractivity contribution in [1.82, 2.24) is 20.2 Å². The number of hydrogen-bond donors (Lipinski definition) is 1. The molecule has 1 aromatic heterocycles. The second-order valence-corrected chi connectivity index (χ2v) is 5.78. The molecule has 0 aliphatic rings. The normalized spacial score (nSPS) is 11.8. The SMILES string of the molecule is CC(=O)N(C)c1cccc(N[C@H](C)c2nnnn2-c2ccccc2)c1. The fourth-order valence-corrected chi connectivity index (χ4v) is 2.52. The van der Waals surface area contributed by atoms with Crippen LogP contribution in [0.15, 0.2) is 54.6 Å². The van der Waals surface area contributed by atoms with E-state index in [0.29, 0.717) is 5.82 Å². The van der Waals surface area contributed by atoms with Crippen molar-refractivity contribution in [2.45, 2.75) is 19.9 Å². The van der Waals surface area contributed by atoms with Gasteiger partial charge in [-0.1, -0.05) is 24.3 Å². The van der Waals surface area contributed by atoms with E-state index in [0.717, 1.165) is 17.1 Å². The third kappa shape index (κ3) is 3.65. The smallest absolute Gasteiger partial charge is 0.223 e. The zero-order chi connectivity index (χ0) is 17.8. The Balaban J connectivity index is 1.82. The number of para-hydroxylation sites is 1. The van der Waals surface area contributed by atoms with Gasteiger partial charge in [0.25, 0.3) is 0 Å². The summed E-state index contributed by atoms with van der Waals surface area (Å²) >= 11 is 0. The van der Waals surface area contributed by atoms with E-state index in [9.17, 15) is 4.79 Å². The molecule has 1 amide bonds. The molecule has 0 bridgehead atoms. The summed E-state index contributed by atoms with van der Waals surface area (Å²) in [5.74, 6) is 0.690. The summed E-state index contributed by atoms with van der Waals surface area (Å²) < 4.78 is 1.71. The minimum atomic E-state index is -0.118. The Hall–Kier alpha value is -3.22. The topological polar surface area (TPSA) is 75.9 Å². The Labute approximate surface area is 146 Å². The number of amides is 1. The zero-order valence-corrected chi connectivity index (χ0v) is 14.4. The molecule has 0 aliphatic heterocycles. The van der Waals surface area contributed by atoms with E-state index in [-0.39, 0.29) is 11.9 Å². The van der Waals surface area contributed by atoms with Gasteiger partial charge in [0.1, 0.15) is 0 Å². The van der Waals surface area contributed by atoms with Crippen molar-refractivity contribution in [1.29, 1.82) is 0 Å². The minimum Gasteiger partial charge on any atom is -0.375 e. The van der Waals surface area contributed by atoms with E-state index in [4.69, 9.17) is 0 Å². The Morgan fingerprint density at radius 2 is 1.92 bits per heavy atom. The van der Waals surface area contributed by atoms with E-state index in [1.54, 1.807) is 16.6 Å². The lowest BCUT2D eigenvalue weighted by Gasteiger charge is -2.18.